The summed E-state index contributed by atoms with van der Waals surface area (Å²) in [6, 6.07) is 9.29. The summed E-state index contributed by atoms with van der Waals surface area (Å²) in [5.41, 5.74) is 3.82. The molecule has 2 rings (SSSR count). The quantitative estimate of drug-likeness (QED) is 0.452. The fourth-order valence-corrected chi connectivity index (χ4v) is 3.88. The van der Waals surface area contributed by atoms with Crippen molar-refractivity contribution < 1.29 is 27.5 Å². The SMILES string of the molecule is CC(=O)Nc1ccc(S(=O)(=O)NCCC(=O)OCC(=O)c2cc(C)c(C)cc2C)cc1. The molecule has 0 radical (unpaired) electrons. The van der Waals surface area contributed by atoms with Crippen LogP contribution in [0, 0.1) is 20.8 Å². The molecule has 0 saturated carbocycles. The second-order valence-corrected chi connectivity index (χ2v) is 8.96. The summed E-state index contributed by atoms with van der Waals surface area (Å²) >= 11 is 0. The van der Waals surface area contributed by atoms with Crippen LogP contribution in [0.2, 0.25) is 0 Å². The van der Waals surface area contributed by atoms with Crippen LogP contribution in [0.15, 0.2) is 41.3 Å². The Balaban J connectivity index is 1.84. The third kappa shape index (κ3) is 7.01. The molecule has 0 aliphatic rings. The van der Waals surface area contributed by atoms with Crippen LogP contribution in [0.25, 0.3) is 0 Å². The Labute approximate surface area is 182 Å². The molecule has 0 fully saturated rings. The predicted molar refractivity (Wildman–Crippen MR) is 116 cm³/mol. The molecule has 0 aromatic heterocycles. The minimum Gasteiger partial charge on any atom is -0.457 e. The summed E-state index contributed by atoms with van der Waals surface area (Å²) in [5.74, 6) is -1.26. The van der Waals surface area contributed by atoms with Gasteiger partial charge in [0.1, 0.15) is 0 Å². The molecule has 0 heterocycles. The average Bonchev–Trinajstić information content (AvgIpc) is 2.68. The Bertz CT molecular complexity index is 1090. The highest BCUT2D eigenvalue weighted by molar-refractivity contribution is 7.89. The molecule has 0 aliphatic carbocycles. The standard InChI is InChI=1S/C22H26N2O6S/c1-14-11-16(3)20(12-15(14)2)21(26)13-30-22(27)9-10-23-31(28,29)19-7-5-18(6-8-19)24-17(4)25/h5-8,11-12,23H,9-10,13H2,1-4H3,(H,24,25). The van der Waals surface area contributed by atoms with Crippen molar-refractivity contribution in [2.75, 3.05) is 18.5 Å². The molecule has 0 bridgehead atoms. The lowest BCUT2D eigenvalue weighted by atomic mass is 9.98. The molecule has 2 aromatic rings. The number of carbonyl (C=O) groups excluding carboxylic acids is 3. The largest absolute Gasteiger partial charge is 0.457 e. The smallest absolute Gasteiger partial charge is 0.307 e. The van der Waals surface area contributed by atoms with E-state index in [0.717, 1.165) is 16.7 Å². The van der Waals surface area contributed by atoms with E-state index in [0.29, 0.717) is 11.3 Å². The molecule has 166 valence electrons. The maximum atomic E-state index is 12.3. The van der Waals surface area contributed by atoms with Gasteiger partial charge in [0.25, 0.3) is 0 Å². The van der Waals surface area contributed by atoms with E-state index in [9.17, 15) is 22.8 Å². The van der Waals surface area contributed by atoms with E-state index in [1.54, 1.807) is 6.07 Å². The first-order valence-electron chi connectivity index (χ1n) is 9.63. The second kappa shape index (κ2) is 10.3. The lowest BCUT2D eigenvalue weighted by molar-refractivity contribution is -0.142. The van der Waals surface area contributed by atoms with Gasteiger partial charge in [-0.3, -0.25) is 14.4 Å². The number of hydrogen-bond donors (Lipinski definition) is 2. The molecule has 8 nitrogen and oxygen atoms in total. The highest BCUT2D eigenvalue weighted by Gasteiger charge is 2.16. The van der Waals surface area contributed by atoms with Gasteiger partial charge in [0, 0.05) is 24.7 Å². The number of ether oxygens (including phenoxy) is 1. The monoisotopic (exact) mass is 446 g/mol. The number of esters is 1. The molecule has 0 saturated heterocycles. The van der Waals surface area contributed by atoms with E-state index < -0.39 is 22.6 Å². The molecule has 2 N–H and O–H groups in total. The summed E-state index contributed by atoms with van der Waals surface area (Å²) < 4.78 is 31.9. The van der Waals surface area contributed by atoms with Crippen LogP contribution in [-0.4, -0.2) is 39.2 Å². The Morgan fingerprint density at radius 2 is 1.55 bits per heavy atom. The maximum Gasteiger partial charge on any atom is 0.307 e. The van der Waals surface area contributed by atoms with Gasteiger partial charge in [-0.05, 0) is 67.8 Å². The molecule has 9 heteroatoms. The van der Waals surface area contributed by atoms with Gasteiger partial charge in [-0.1, -0.05) is 6.07 Å². The Kier molecular flexibility index (Phi) is 8.07. The number of sulfonamides is 1. The zero-order chi connectivity index (χ0) is 23.2. The van der Waals surface area contributed by atoms with E-state index in [1.807, 2.05) is 26.8 Å². The Morgan fingerprint density at radius 1 is 0.935 bits per heavy atom. The normalized spacial score (nSPS) is 11.1. The third-order valence-corrected chi connectivity index (χ3v) is 6.09. The molecular formula is C22H26N2O6S. The van der Waals surface area contributed by atoms with Crippen LogP contribution >= 0.6 is 0 Å². The van der Waals surface area contributed by atoms with Crippen molar-refractivity contribution in [3.8, 4) is 0 Å². The number of anilines is 1. The second-order valence-electron chi connectivity index (χ2n) is 7.19. The molecule has 0 spiro atoms. The van der Waals surface area contributed by atoms with Gasteiger partial charge in [0.2, 0.25) is 21.7 Å². The molecule has 1 amide bonds. The highest BCUT2D eigenvalue weighted by atomic mass is 32.2. The molecule has 2 aromatic carbocycles. The average molecular weight is 447 g/mol. The number of benzene rings is 2. The predicted octanol–water partition coefficient (Wildman–Crippen LogP) is 2.66. The number of amides is 1. The van der Waals surface area contributed by atoms with Crippen molar-refractivity contribution in [2.45, 2.75) is 39.0 Å². The van der Waals surface area contributed by atoms with Crippen molar-refractivity contribution in [3.63, 3.8) is 0 Å². The first-order valence-corrected chi connectivity index (χ1v) is 11.1. The van der Waals surface area contributed by atoms with E-state index >= 15 is 0 Å². The number of rotatable bonds is 9. The van der Waals surface area contributed by atoms with Crippen molar-refractivity contribution in [1.29, 1.82) is 0 Å². The number of nitrogens with one attached hydrogen (secondary N) is 2. The fraction of sp³-hybridized carbons (Fsp3) is 0.318. The fourth-order valence-electron chi connectivity index (χ4n) is 2.85. The molecule has 0 aliphatic heterocycles. The minimum atomic E-state index is -3.83. The number of hydrogen-bond acceptors (Lipinski definition) is 6. The van der Waals surface area contributed by atoms with Gasteiger partial charge in [0.05, 0.1) is 11.3 Å². The van der Waals surface area contributed by atoms with Crippen LogP contribution in [0.3, 0.4) is 0 Å². The lowest BCUT2D eigenvalue weighted by Crippen LogP contribution is -2.27. The lowest BCUT2D eigenvalue weighted by Gasteiger charge is -2.10. The van der Waals surface area contributed by atoms with Crippen LogP contribution < -0.4 is 10.0 Å². The number of carbonyl (C=O) groups is 3. The number of Topliss-reactive ketones (excluding diaryl/α,β-unsaturated/α-hetero) is 1. The number of ketones is 1. The van der Waals surface area contributed by atoms with Crippen molar-refractivity contribution in [3.05, 3.63) is 58.7 Å². The molecule has 0 unspecified atom stereocenters. The minimum absolute atomic E-state index is 0.00429. The first-order chi connectivity index (χ1) is 14.5. The van der Waals surface area contributed by atoms with E-state index in [4.69, 9.17) is 4.74 Å². The number of aryl methyl sites for hydroxylation is 3. The summed E-state index contributed by atoms with van der Waals surface area (Å²) in [7, 11) is -3.83. The van der Waals surface area contributed by atoms with Gasteiger partial charge in [0.15, 0.2) is 6.61 Å². The van der Waals surface area contributed by atoms with E-state index in [1.165, 1.54) is 31.2 Å². The summed E-state index contributed by atoms with van der Waals surface area (Å²) in [6.45, 7) is 6.44. The zero-order valence-electron chi connectivity index (χ0n) is 17.9. The third-order valence-electron chi connectivity index (χ3n) is 4.61. The van der Waals surface area contributed by atoms with Gasteiger partial charge in [-0.2, -0.15) is 0 Å². The van der Waals surface area contributed by atoms with Gasteiger partial charge >= 0.3 is 5.97 Å². The zero-order valence-corrected chi connectivity index (χ0v) is 18.8. The van der Waals surface area contributed by atoms with Crippen molar-refractivity contribution >= 4 is 33.4 Å². The van der Waals surface area contributed by atoms with E-state index in [-0.39, 0.29) is 29.6 Å². The van der Waals surface area contributed by atoms with Crippen LogP contribution in [0.1, 0.15) is 40.4 Å². The Morgan fingerprint density at radius 3 is 2.16 bits per heavy atom. The van der Waals surface area contributed by atoms with Gasteiger partial charge < -0.3 is 10.1 Å². The van der Waals surface area contributed by atoms with Crippen molar-refractivity contribution in [1.82, 2.24) is 4.72 Å². The van der Waals surface area contributed by atoms with Crippen molar-refractivity contribution in [2.24, 2.45) is 0 Å². The van der Waals surface area contributed by atoms with Gasteiger partial charge in [-0.15, -0.1) is 0 Å². The molecular weight excluding hydrogens is 420 g/mol. The molecule has 31 heavy (non-hydrogen) atoms. The van der Waals surface area contributed by atoms with Gasteiger partial charge in [-0.25, -0.2) is 13.1 Å². The topological polar surface area (TPSA) is 119 Å². The highest BCUT2D eigenvalue weighted by Crippen LogP contribution is 2.16. The maximum absolute atomic E-state index is 12.3. The summed E-state index contributed by atoms with van der Waals surface area (Å²) in [6.07, 6.45) is -0.220. The molecule has 0 atom stereocenters. The summed E-state index contributed by atoms with van der Waals surface area (Å²) in [5, 5.41) is 2.54. The first kappa shape index (κ1) is 24.2. The summed E-state index contributed by atoms with van der Waals surface area (Å²) in [4.78, 5) is 35.2. The van der Waals surface area contributed by atoms with Crippen LogP contribution in [0.5, 0.6) is 0 Å². The van der Waals surface area contributed by atoms with Crippen LogP contribution in [0.4, 0.5) is 5.69 Å². The van der Waals surface area contributed by atoms with E-state index in [2.05, 4.69) is 10.0 Å². The van der Waals surface area contributed by atoms with Crippen LogP contribution in [-0.2, 0) is 24.3 Å². The Hall–Kier alpha value is -3.04.